The molecule has 0 spiro atoms. The molecule has 0 aliphatic carbocycles. The first-order valence-corrected chi connectivity index (χ1v) is 6.34. The monoisotopic (exact) mass is 285 g/mol. The van der Waals surface area contributed by atoms with Gasteiger partial charge in [0.1, 0.15) is 0 Å². The van der Waals surface area contributed by atoms with E-state index in [2.05, 4.69) is 29.3 Å². The smallest absolute Gasteiger partial charge is 0.321 e. The van der Waals surface area contributed by atoms with Gasteiger partial charge in [0, 0.05) is 22.2 Å². The fourth-order valence-corrected chi connectivity index (χ4v) is 1.91. The van der Waals surface area contributed by atoms with E-state index >= 15 is 0 Å². The van der Waals surface area contributed by atoms with Gasteiger partial charge in [0.15, 0.2) is 0 Å². The van der Waals surface area contributed by atoms with E-state index in [0.717, 1.165) is 12.1 Å². The van der Waals surface area contributed by atoms with Crippen molar-refractivity contribution in [1.82, 2.24) is 10.1 Å². The summed E-state index contributed by atoms with van der Waals surface area (Å²) in [7, 11) is 0. The maximum atomic E-state index is 5.92. The summed E-state index contributed by atoms with van der Waals surface area (Å²) in [6.45, 7) is 4.97. The first-order chi connectivity index (χ1) is 8.54. The Bertz CT molecular complexity index is 520. The highest BCUT2D eigenvalue weighted by atomic mass is 35.5. The van der Waals surface area contributed by atoms with Gasteiger partial charge < -0.3 is 9.84 Å². The molecule has 0 saturated heterocycles. The summed E-state index contributed by atoms with van der Waals surface area (Å²) in [6, 6.07) is 5.54. The molecule has 0 saturated carbocycles. The number of hydrogen-bond acceptors (Lipinski definition) is 4. The maximum Gasteiger partial charge on any atom is 0.321 e. The molecule has 2 aromatic rings. The summed E-state index contributed by atoms with van der Waals surface area (Å²) in [5, 5.41) is 8.02. The number of halogens is 2. The highest BCUT2D eigenvalue weighted by Crippen LogP contribution is 2.25. The molecule has 0 amide bonds. The zero-order chi connectivity index (χ0) is 13.1. The lowest BCUT2D eigenvalue weighted by Crippen LogP contribution is -2.07. The summed E-state index contributed by atoms with van der Waals surface area (Å²) >= 11 is 11.8. The molecule has 0 aliphatic heterocycles. The largest absolute Gasteiger partial charge is 0.337 e. The molecule has 0 unspecified atom stereocenters. The number of nitrogens with zero attached hydrogens (tertiary/aromatic N) is 2. The van der Waals surface area contributed by atoms with Gasteiger partial charge in [-0.15, -0.1) is 0 Å². The van der Waals surface area contributed by atoms with Crippen LogP contribution in [-0.4, -0.2) is 16.7 Å². The molecule has 1 aromatic heterocycles. The third kappa shape index (κ3) is 3.37. The van der Waals surface area contributed by atoms with Crippen LogP contribution in [0.2, 0.25) is 10.0 Å². The van der Waals surface area contributed by atoms with Gasteiger partial charge in [-0.3, -0.25) is 0 Å². The van der Waals surface area contributed by atoms with E-state index in [1.165, 1.54) is 0 Å². The number of anilines is 1. The molecular weight excluding hydrogens is 273 g/mol. The van der Waals surface area contributed by atoms with Crippen molar-refractivity contribution < 1.29 is 4.52 Å². The van der Waals surface area contributed by atoms with Gasteiger partial charge in [-0.05, 0) is 24.1 Å². The molecule has 96 valence electrons. The maximum absolute atomic E-state index is 5.92. The Morgan fingerprint density at radius 1 is 1.22 bits per heavy atom. The van der Waals surface area contributed by atoms with Crippen molar-refractivity contribution in [3.8, 4) is 11.4 Å². The molecule has 18 heavy (non-hydrogen) atoms. The van der Waals surface area contributed by atoms with E-state index in [1.54, 1.807) is 18.2 Å². The molecule has 6 heteroatoms. The van der Waals surface area contributed by atoms with Crippen LogP contribution in [0.15, 0.2) is 22.7 Å². The molecule has 0 aliphatic rings. The average Bonchev–Trinajstić information content (AvgIpc) is 2.73. The number of hydrogen-bond donors (Lipinski definition) is 1. The van der Waals surface area contributed by atoms with E-state index in [4.69, 9.17) is 27.7 Å². The van der Waals surface area contributed by atoms with Crippen molar-refractivity contribution in [1.29, 1.82) is 0 Å². The minimum absolute atomic E-state index is 0.398. The minimum atomic E-state index is 0.398. The predicted octanol–water partition coefficient (Wildman–Crippen LogP) is 4.11. The molecule has 0 bridgehead atoms. The van der Waals surface area contributed by atoms with Crippen molar-refractivity contribution in [3.05, 3.63) is 28.2 Å². The van der Waals surface area contributed by atoms with E-state index in [9.17, 15) is 0 Å². The molecule has 2 rings (SSSR count). The Labute approximate surface area is 115 Å². The second-order valence-electron chi connectivity index (χ2n) is 4.36. The second-order valence-corrected chi connectivity index (χ2v) is 5.23. The number of nitrogens with one attached hydrogen (secondary N) is 1. The van der Waals surface area contributed by atoms with Gasteiger partial charge in [0.25, 0.3) is 0 Å². The van der Waals surface area contributed by atoms with E-state index < -0.39 is 0 Å². The Hall–Kier alpha value is -1.26. The lowest BCUT2D eigenvalue weighted by molar-refractivity contribution is 0.430. The number of aromatic nitrogens is 2. The first-order valence-electron chi connectivity index (χ1n) is 5.58. The zero-order valence-electron chi connectivity index (χ0n) is 10.1. The molecule has 1 N–H and O–H groups in total. The molecule has 4 nitrogen and oxygen atoms in total. The summed E-state index contributed by atoms with van der Waals surface area (Å²) in [6.07, 6.45) is 0. The van der Waals surface area contributed by atoms with E-state index in [-0.39, 0.29) is 0 Å². The van der Waals surface area contributed by atoms with Gasteiger partial charge >= 0.3 is 6.01 Å². The third-order valence-electron chi connectivity index (χ3n) is 2.21. The topological polar surface area (TPSA) is 51.0 Å². The van der Waals surface area contributed by atoms with Crippen LogP contribution in [0.3, 0.4) is 0 Å². The van der Waals surface area contributed by atoms with Crippen LogP contribution < -0.4 is 5.32 Å². The molecule has 1 heterocycles. The zero-order valence-corrected chi connectivity index (χ0v) is 11.6. The second kappa shape index (κ2) is 5.59. The van der Waals surface area contributed by atoms with Gasteiger partial charge in [-0.1, -0.05) is 42.2 Å². The van der Waals surface area contributed by atoms with Crippen LogP contribution in [0.4, 0.5) is 6.01 Å². The van der Waals surface area contributed by atoms with Gasteiger partial charge in [-0.25, -0.2) is 0 Å². The Kier molecular flexibility index (Phi) is 4.09. The van der Waals surface area contributed by atoms with E-state index in [0.29, 0.717) is 27.8 Å². The SMILES string of the molecule is CC(C)CNc1nc(-c2cc(Cl)cc(Cl)c2)no1. The summed E-state index contributed by atoms with van der Waals surface area (Å²) in [5.74, 6) is 0.964. The molecular formula is C12H13Cl2N3O. The van der Waals surface area contributed by atoms with Gasteiger partial charge in [0.05, 0.1) is 0 Å². The standard InChI is InChI=1S/C12H13Cl2N3O/c1-7(2)6-15-12-16-11(17-18-12)8-3-9(13)5-10(14)4-8/h3-5,7H,6H2,1-2H3,(H,15,16,17). The van der Waals surface area contributed by atoms with Crippen molar-refractivity contribution in [2.75, 3.05) is 11.9 Å². The number of benzene rings is 1. The van der Waals surface area contributed by atoms with Crippen molar-refractivity contribution >= 4 is 29.2 Å². The normalized spacial score (nSPS) is 10.9. The Morgan fingerprint density at radius 2 is 1.89 bits per heavy atom. The van der Waals surface area contributed by atoms with Crippen LogP contribution in [0.1, 0.15) is 13.8 Å². The molecule has 0 radical (unpaired) electrons. The Balaban J connectivity index is 2.18. The fraction of sp³-hybridized carbons (Fsp3) is 0.333. The van der Waals surface area contributed by atoms with Crippen LogP contribution in [0, 0.1) is 5.92 Å². The van der Waals surface area contributed by atoms with Crippen molar-refractivity contribution in [3.63, 3.8) is 0 Å². The van der Waals surface area contributed by atoms with E-state index in [1.807, 2.05) is 0 Å². The van der Waals surface area contributed by atoms with Gasteiger partial charge in [-0.2, -0.15) is 4.98 Å². The quantitative estimate of drug-likeness (QED) is 0.918. The van der Waals surface area contributed by atoms with Crippen molar-refractivity contribution in [2.45, 2.75) is 13.8 Å². The fourth-order valence-electron chi connectivity index (χ4n) is 1.39. The molecule has 0 atom stereocenters. The first kappa shape index (κ1) is 13.2. The molecule has 0 fully saturated rings. The highest BCUT2D eigenvalue weighted by Gasteiger charge is 2.10. The van der Waals surface area contributed by atoms with Gasteiger partial charge in [0.2, 0.25) is 5.82 Å². The third-order valence-corrected chi connectivity index (χ3v) is 2.64. The van der Waals surface area contributed by atoms with Crippen LogP contribution >= 0.6 is 23.2 Å². The van der Waals surface area contributed by atoms with Crippen LogP contribution in [0.25, 0.3) is 11.4 Å². The summed E-state index contributed by atoms with van der Waals surface area (Å²) in [5.41, 5.74) is 0.730. The lowest BCUT2D eigenvalue weighted by Gasteiger charge is -2.02. The highest BCUT2D eigenvalue weighted by molar-refractivity contribution is 6.35. The van der Waals surface area contributed by atoms with Crippen molar-refractivity contribution in [2.24, 2.45) is 5.92 Å². The summed E-state index contributed by atoms with van der Waals surface area (Å²) in [4.78, 5) is 4.23. The predicted molar refractivity (Wildman–Crippen MR) is 73.1 cm³/mol. The van der Waals surface area contributed by atoms with Crippen LogP contribution in [0.5, 0.6) is 0 Å². The molecule has 1 aromatic carbocycles. The number of rotatable bonds is 4. The lowest BCUT2D eigenvalue weighted by atomic mass is 10.2. The minimum Gasteiger partial charge on any atom is -0.337 e. The summed E-state index contributed by atoms with van der Waals surface area (Å²) < 4.78 is 5.09. The average molecular weight is 286 g/mol. The Morgan fingerprint density at radius 3 is 2.50 bits per heavy atom. The van der Waals surface area contributed by atoms with Crippen LogP contribution in [-0.2, 0) is 0 Å².